The Morgan fingerprint density at radius 2 is 1.32 bits per heavy atom. The topological polar surface area (TPSA) is 3.24 Å². The van der Waals surface area contributed by atoms with Crippen LogP contribution in [0.25, 0.3) is 0 Å². The van der Waals surface area contributed by atoms with E-state index in [0.717, 1.165) is 0 Å². The number of hydrogen-bond acceptors (Lipinski definition) is 2. The van der Waals surface area contributed by atoms with Crippen molar-refractivity contribution in [1.82, 2.24) is 4.31 Å². The fourth-order valence-electron chi connectivity index (χ4n) is 2.59. The molecule has 0 saturated carbocycles. The summed E-state index contributed by atoms with van der Waals surface area (Å²) in [6.07, 6.45) is 21.8. The first-order valence-corrected chi connectivity index (χ1v) is 9.44. The molecule has 2 heteroatoms. The van der Waals surface area contributed by atoms with E-state index < -0.39 is 0 Å². The lowest BCUT2D eigenvalue weighted by Crippen LogP contribution is -2.06. The molecule has 0 amide bonds. The highest BCUT2D eigenvalue weighted by Gasteiger charge is 2.03. The standard InChI is InChI=1S/C17H33NS/c1-2-3-4-5-6-7-8-9-10-11-12-13-15-18-16-14-17-19-18/h14,16H,2-13,15,17H2,1H3. The van der Waals surface area contributed by atoms with Crippen LogP contribution >= 0.6 is 11.9 Å². The minimum absolute atomic E-state index is 1.18. The summed E-state index contributed by atoms with van der Waals surface area (Å²) >= 11 is 1.95. The molecule has 1 aliphatic heterocycles. The molecule has 0 unspecified atom stereocenters. The lowest BCUT2D eigenvalue weighted by atomic mass is 10.1. The second-order valence-electron chi connectivity index (χ2n) is 5.71. The fraction of sp³-hybridized carbons (Fsp3) is 0.882. The maximum Gasteiger partial charge on any atom is 0.0331 e. The highest BCUT2D eigenvalue weighted by molar-refractivity contribution is 7.97. The van der Waals surface area contributed by atoms with E-state index in [4.69, 9.17) is 0 Å². The van der Waals surface area contributed by atoms with Crippen LogP contribution in [0.15, 0.2) is 12.3 Å². The molecule has 0 N–H and O–H groups in total. The Bertz CT molecular complexity index is 215. The monoisotopic (exact) mass is 283 g/mol. The Kier molecular flexibility index (Phi) is 11.5. The van der Waals surface area contributed by atoms with Crippen molar-refractivity contribution in [3.8, 4) is 0 Å². The Balaban J connectivity index is 1.68. The van der Waals surface area contributed by atoms with Gasteiger partial charge in [-0.1, -0.05) is 83.6 Å². The van der Waals surface area contributed by atoms with Crippen molar-refractivity contribution in [1.29, 1.82) is 0 Å². The van der Waals surface area contributed by atoms with E-state index in [2.05, 4.69) is 23.5 Å². The zero-order valence-electron chi connectivity index (χ0n) is 12.9. The van der Waals surface area contributed by atoms with Gasteiger partial charge in [-0.2, -0.15) is 0 Å². The molecule has 112 valence electrons. The maximum absolute atomic E-state index is 2.39. The third kappa shape index (κ3) is 10.4. The van der Waals surface area contributed by atoms with Crippen LogP contribution in [0.4, 0.5) is 0 Å². The van der Waals surface area contributed by atoms with Gasteiger partial charge in [-0.25, -0.2) is 0 Å². The van der Waals surface area contributed by atoms with Gasteiger partial charge in [0.2, 0.25) is 0 Å². The van der Waals surface area contributed by atoms with Crippen molar-refractivity contribution >= 4 is 11.9 Å². The average molecular weight is 284 g/mol. The second-order valence-corrected chi connectivity index (χ2v) is 6.77. The van der Waals surface area contributed by atoms with Crippen LogP contribution in [-0.2, 0) is 0 Å². The third-order valence-electron chi connectivity index (χ3n) is 3.84. The van der Waals surface area contributed by atoms with E-state index in [1.807, 2.05) is 11.9 Å². The van der Waals surface area contributed by atoms with Crippen LogP contribution < -0.4 is 0 Å². The minimum atomic E-state index is 1.18. The molecule has 1 rings (SSSR count). The molecule has 0 atom stereocenters. The molecule has 0 aromatic heterocycles. The summed E-state index contributed by atoms with van der Waals surface area (Å²) in [6, 6.07) is 0. The molecule has 1 heterocycles. The van der Waals surface area contributed by atoms with Gasteiger partial charge >= 0.3 is 0 Å². The summed E-state index contributed by atoms with van der Waals surface area (Å²) in [4.78, 5) is 0. The van der Waals surface area contributed by atoms with Crippen molar-refractivity contribution in [2.45, 2.75) is 84.0 Å². The summed E-state index contributed by atoms with van der Waals surface area (Å²) in [7, 11) is 0. The summed E-state index contributed by atoms with van der Waals surface area (Å²) in [5.74, 6) is 1.18. The Hall–Kier alpha value is -0.110. The van der Waals surface area contributed by atoms with Crippen LogP contribution in [0, 0.1) is 0 Å². The molecule has 0 aliphatic carbocycles. The molecule has 0 saturated heterocycles. The number of unbranched alkanes of at least 4 members (excludes halogenated alkanes) is 11. The molecule has 0 aromatic carbocycles. The van der Waals surface area contributed by atoms with Gasteiger partial charge in [0.05, 0.1) is 0 Å². The maximum atomic E-state index is 2.39. The van der Waals surface area contributed by atoms with Gasteiger partial charge in [0.1, 0.15) is 0 Å². The number of rotatable bonds is 13. The average Bonchev–Trinajstić information content (AvgIpc) is 2.93. The largest absolute Gasteiger partial charge is 0.323 e. The van der Waals surface area contributed by atoms with Gasteiger partial charge < -0.3 is 4.31 Å². The minimum Gasteiger partial charge on any atom is -0.323 e. The molecule has 0 bridgehead atoms. The molecule has 0 fully saturated rings. The summed E-state index contributed by atoms with van der Waals surface area (Å²) in [5.41, 5.74) is 0. The quantitative estimate of drug-likeness (QED) is 0.294. The molecular weight excluding hydrogens is 250 g/mol. The predicted molar refractivity (Wildman–Crippen MR) is 89.4 cm³/mol. The molecule has 1 aliphatic rings. The predicted octanol–water partition coefficient (Wildman–Crippen LogP) is 6.17. The van der Waals surface area contributed by atoms with E-state index in [1.54, 1.807) is 0 Å². The van der Waals surface area contributed by atoms with Crippen molar-refractivity contribution in [2.24, 2.45) is 0 Å². The van der Waals surface area contributed by atoms with E-state index in [0.29, 0.717) is 0 Å². The zero-order valence-corrected chi connectivity index (χ0v) is 13.7. The Labute approximate surface area is 125 Å². The SMILES string of the molecule is CCCCCCCCCCCCCCN1C=CCS1. The second kappa shape index (κ2) is 12.9. The molecule has 19 heavy (non-hydrogen) atoms. The van der Waals surface area contributed by atoms with Crippen LogP contribution in [0.1, 0.15) is 84.0 Å². The van der Waals surface area contributed by atoms with Gasteiger partial charge in [0.15, 0.2) is 0 Å². The van der Waals surface area contributed by atoms with Gasteiger partial charge in [-0.05, 0) is 18.4 Å². The van der Waals surface area contributed by atoms with Crippen molar-refractivity contribution < 1.29 is 0 Å². The van der Waals surface area contributed by atoms with Crippen LogP contribution in [0.2, 0.25) is 0 Å². The van der Waals surface area contributed by atoms with Crippen molar-refractivity contribution in [2.75, 3.05) is 12.3 Å². The highest BCUT2D eigenvalue weighted by atomic mass is 32.2. The van der Waals surface area contributed by atoms with Gasteiger partial charge in [0.25, 0.3) is 0 Å². The first kappa shape index (κ1) is 16.9. The lowest BCUT2D eigenvalue weighted by molar-refractivity contribution is 0.520. The van der Waals surface area contributed by atoms with E-state index in [1.165, 1.54) is 89.3 Å². The van der Waals surface area contributed by atoms with E-state index in [9.17, 15) is 0 Å². The van der Waals surface area contributed by atoms with E-state index in [-0.39, 0.29) is 0 Å². The van der Waals surface area contributed by atoms with Crippen LogP contribution in [0.3, 0.4) is 0 Å². The lowest BCUT2D eigenvalue weighted by Gasteiger charge is -2.12. The smallest absolute Gasteiger partial charge is 0.0331 e. The molecule has 0 aromatic rings. The molecule has 0 radical (unpaired) electrons. The first-order chi connectivity index (χ1) is 9.43. The summed E-state index contributed by atoms with van der Waals surface area (Å²) in [5, 5.41) is 0. The summed E-state index contributed by atoms with van der Waals surface area (Å²) < 4.78 is 2.39. The number of nitrogens with zero attached hydrogens (tertiary/aromatic N) is 1. The highest BCUT2D eigenvalue weighted by Crippen LogP contribution is 2.18. The first-order valence-electron chi connectivity index (χ1n) is 8.49. The molecular formula is C17H33NS. The zero-order chi connectivity index (χ0) is 13.6. The normalized spacial score (nSPS) is 14.5. The van der Waals surface area contributed by atoms with Crippen molar-refractivity contribution in [3.63, 3.8) is 0 Å². The summed E-state index contributed by atoms with van der Waals surface area (Å²) in [6.45, 7) is 3.54. The Morgan fingerprint density at radius 3 is 1.79 bits per heavy atom. The van der Waals surface area contributed by atoms with Gasteiger partial charge in [0, 0.05) is 18.5 Å². The van der Waals surface area contributed by atoms with Crippen molar-refractivity contribution in [3.05, 3.63) is 12.3 Å². The fourth-order valence-corrected chi connectivity index (χ4v) is 3.38. The van der Waals surface area contributed by atoms with E-state index >= 15 is 0 Å². The third-order valence-corrected chi connectivity index (χ3v) is 4.82. The van der Waals surface area contributed by atoms with Crippen LogP contribution in [-0.4, -0.2) is 16.6 Å². The van der Waals surface area contributed by atoms with Crippen LogP contribution in [0.5, 0.6) is 0 Å². The van der Waals surface area contributed by atoms with Gasteiger partial charge in [-0.15, -0.1) is 0 Å². The van der Waals surface area contributed by atoms with Gasteiger partial charge in [-0.3, -0.25) is 0 Å². The Morgan fingerprint density at radius 1 is 0.789 bits per heavy atom. The molecule has 1 nitrogen and oxygen atoms in total. The molecule has 0 spiro atoms. The number of hydrogen-bond donors (Lipinski definition) is 0.